The number of nitrogens with one attached hydrogen (secondary N) is 1. The van der Waals surface area contributed by atoms with Crippen LogP contribution < -0.4 is 10.2 Å². The smallest absolute Gasteiger partial charge is 0.277 e. The van der Waals surface area contributed by atoms with Crippen LogP contribution in [0.3, 0.4) is 0 Å². The summed E-state index contributed by atoms with van der Waals surface area (Å²) in [5.74, 6) is -0.117. The molecule has 156 valence electrons. The molecule has 2 aromatic carbocycles. The van der Waals surface area contributed by atoms with Crippen LogP contribution in [0.5, 0.6) is 5.75 Å². The Bertz CT molecular complexity index is 1260. The second-order valence-corrected chi connectivity index (χ2v) is 7.05. The summed E-state index contributed by atoms with van der Waals surface area (Å²) in [5.41, 5.74) is 6.80. The van der Waals surface area contributed by atoms with Gasteiger partial charge in [0.25, 0.3) is 5.91 Å². The van der Waals surface area contributed by atoms with Crippen LogP contribution in [0.4, 0.5) is 4.39 Å². The van der Waals surface area contributed by atoms with Crippen molar-refractivity contribution in [2.24, 2.45) is 5.10 Å². The molecule has 0 unspecified atom stereocenters. The first-order valence-electron chi connectivity index (χ1n) is 9.76. The molecule has 6 nitrogen and oxygen atoms in total. The molecule has 0 saturated heterocycles. The molecule has 0 aliphatic carbocycles. The molecule has 1 amide bonds. The number of carbonyl (C=O) groups excluding carboxylic acids is 1. The molecule has 4 aromatic rings. The molecule has 0 aliphatic heterocycles. The maximum Gasteiger partial charge on any atom is 0.277 e. The lowest BCUT2D eigenvalue weighted by Gasteiger charge is -2.09. The predicted octanol–water partition coefficient (Wildman–Crippen LogP) is 4.31. The Kier molecular flexibility index (Phi) is 5.75. The minimum Gasteiger partial charge on any atom is -0.481 e. The van der Waals surface area contributed by atoms with Gasteiger partial charge in [0.05, 0.1) is 6.21 Å². The Morgan fingerprint density at radius 1 is 1.16 bits per heavy atom. The highest BCUT2D eigenvalue weighted by atomic mass is 19.1. The van der Waals surface area contributed by atoms with E-state index in [2.05, 4.69) is 15.5 Å². The molecule has 0 radical (unpaired) electrons. The lowest BCUT2D eigenvalue weighted by Crippen LogP contribution is -2.24. The van der Waals surface area contributed by atoms with E-state index in [1.807, 2.05) is 48.7 Å². The number of halogens is 1. The van der Waals surface area contributed by atoms with Gasteiger partial charge in [0.15, 0.2) is 6.61 Å². The van der Waals surface area contributed by atoms with E-state index in [0.29, 0.717) is 11.3 Å². The molecule has 2 aromatic heterocycles. The largest absolute Gasteiger partial charge is 0.481 e. The highest BCUT2D eigenvalue weighted by molar-refractivity contribution is 5.86. The molecule has 7 heteroatoms. The monoisotopic (exact) mass is 416 g/mol. The first kappa shape index (κ1) is 20.3. The highest BCUT2D eigenvalue weighted by Gasteiger charge is 2.10. The maximum absolute atomic E-state index is 13.2. The van der Waals surface area contributed by atoms with Gasteiger partial charge in [-0.1, -0.05) is 18.2 Å². The number of fused-ring (bicyclic) bond motifs is 1. The zero-order valence-electron chi connectivity index (χ0n) is 17.2. The summed E-state index contributed by atoms with van der Waals surface area (Å²) in [4.78, 5) is 16.4. The minimum atomic E-state index is -0.378. The van der Waals surface area contributed by atoms with Crippen molar-refractivity contribution in [3.8, 4) is 11.4 Å². The van der Waals surface area contributed by atoms with Gasteiger partial charge in [0, 0.05) is 34.2 Å². The Morgan fingerprint density at radius 2 is 1.94 bits per heavy atom. The van der Waals surface area contributed by atoms with Crippen molar-refractivity contribution < 1.29 is 13.9 Å². The van der Waals surface area contributed by atoms with Crippen molar-refractivity contribution in [1.29, 1.82) is 0 Å². The lowest BCUT2D eigenvalue weighted by atomic mass is 10.2. The SMILES string of the molecule is Cc1cc(/C=N\NC(=O)COc2cccc3cccnc23)c(C)n1-c1ccc(F)cc1. The van der Waals surface area contributed by atoms with Gasteiger partial charge in [-0.15, -0.1) is 0 Å². The highest BCUT2D eigenvalue weighted by Crippen LogP contribution is 2.23. The summed E-state index contributed by atoms with van der Waals surface area (Å²) >= 11 is 0. The van der Waals surface area contributed by atoms with Crippen molar-refractivity contribution in [1.82, 2.24) is 15.0 Å². The van der Waals surface area contributed by atoms with Gasteiger partial charge >= 0.3 is 0 Å². The van der Waals surface area contributed by atoms with E-state index >= 15 is 0 Å². The Hall–Kier alpha value is -4.00. The van der Waals surface area contributed by atoms with Gasteiger partial charge < -0.3 is 9.30 Å². The quantitative estimate of drug-likeness (QED) is 0.376. The van der Waals surface area contributed by atoms with Gasteiger partial charge in [-0.05, 0) is 56.3 Å². The standard InChI is InChI=1S/C24H21FN4O2/c1-16-13-19(17(2)29(16)21-10-8-20(25)9-11-21)14-27-28-23(30)15-31-22-7-3-5-18-6-4-12-26-24(18)22/h3-14H,15H2,1-2H3,(H,28,30)/b27-14-. The van der Waals surface area contributed by atoms with Crippen molar-refractivity contribution in [2.45, 2.75) is 13.8 Å². The minimum absolute atomic E-state index is 0.179. The molecule has 31 heavy (non-hydrogen) atoms. The Balaban J connectivity index is 1.40. The molecule has 0 saturated carbocycles. The summed E-state index contributed by atoms with van der Waals surface area (Å²) in [5, 5.41) is 4.99. The molecule has 0 atom stereocenters. The maximum atomic E-state index is 13.2. The van der Waals surface area contributed by atoms with E-state index in [1.165, 1.54) is 12.1 Å². The molecule has 0 spiro atoms. The zero-order valence-corrected chi connectivity index (χ0v) is 17.2. The molecule has 0 fully saturated rings. The number of carbonyl (C=O) groups is 1. The number of aromatic nitrogens is 2. The second kappa shape index (κ2) is 8.79. The number of nitrogens with zero attached hydrogens (tertiary/aromatic N) is 3. The fraction of sp³-hybridized carbons (Fsp3) is 0.125. The van der Waals surface area contributed by atoms with Crippen molar-refractivity contribution in [3.63, 3.8) is 0 Å². The third-order valence-electron chi connectivity index (χ3n) is 4.90. The number of pyridine rings is 1. The van der Waals surface area contributed by atoms with Gasteiger partial charge in [-0.3, -0.25) is 9.78 Å². The fourth-order valence-corrected chi connectivity index (χ4v) is 3.45. The number of benzene rings is 2. The summed E-state index contributed by atoms with van der Waals surface area (Å²) in [6.45, 7) is 3.72. The first-order chi connectivity index (χ1) is 15.0. The number of hydrogen-bond donors (Lipinski definition) is 1. The molecule has 2 heterocycles. The van der Waals surface area contributed by atoms with Crippen LogP contribution >= 0.6 is 0 Å². The Labute approximate surface area is 179 Å². The van der Waals surface area contributed by atoms with Crippen LogP contribution in [0.15, 0.2) is 72.0 Å². The normalized spacial score (nSPS) is 11.2. The number of para-hydroxylation sites is 1. The summed E-state index contributed by atoms with van der Waals surface area (Å²) < 4.78 is 20.8. The first-order valence-corrected chi connectivity index (χ1v) is 9.76. The Morgan fingerprint density at radius 3 is 2.74 bits per heavy atom. The summed E-state index contributed by atoms with van der Waals surface area (Å²) in [7, 11) is 0. The summed E-state index contributed by atoms with van der Waals surface area (Å²) in [6.07, 6.45) is 3.27. The van der Waals surface area contributed by atoms with E-state index in [1.54, 1.807) is 30.6 Å². The molecular weight excluding hydrogens is 395 g/mol. The van der Waals surface area contributed by atoms with E-state index in [9.17, 15) is 9.18 Å². The topological polar surface area (TPSA) is 68.5 Å². The fourth-order valence-electron chi connectivity index (χ4n) is 3.45. The molecular formula is C24H21FN4O2. The number of hydrazone groups is 1. The van der Waals surface area contributed by atoms with Crippen LogP contribution in [0.2, 0.25) is 0 Å². The van der Waals surface area contributed by atoms with E-state index < -0.39 is 0 Å². The average molecular weight is 416 g/mol. The second-order valence-electron chi connectivity index (χ2n) is 7.05. The van der Waals surface area contributed by atoms with Crippen molar-refractivity contribution >= 4 is 23.0 Å². The number of amides is 1. The van der Waals surface area contributed by atoms with Crippen LogP contribution in [-0.4, -0.2) is 28.3 Å². The number of rotatable bonds is 6. The number of ether oxygens (including phenoxy) is 1. The van der Waals surface area contributed by atoms with Gasteiger partial charge in [-0.25, -0.2) is 9.82 Å². The average Bonchev–Trinajstić information content (AvgIpc) is 3.06. The number of aryl methyl sites for hydroxylation is 1. The third kappa shape index (κ3) is 4.45. The molecule has 0 bridgehead atoms. The predicted molar refractivity (Wildman–Crippen MR) is 118 cm³/mol. The van der Waals surface area contributed by atoms with Crippen molar-refractivity contribution in [3.05, 3.63) is 89.6 Å². The van der Waals surface area contributed by atoms with E-state index in [0.717, 1.165) is 28.0 Å². The van der Waals surface area contributed by atoms with E-state index in [-0.39, 0.29) is 18.3 Å². The summed E-state index contributed by atoms with van der Waals surface area (Å²) in [6, 6.07) is 17.6. The third-order valence-corrected chi connectivity index (χ3v) is 4.90. The van der Waals surface area contributed by atoms with Crippen LogP contribution in [-0.2, 0) is 4.79 Å². The van der Waals surface area contributed by atoms with Crippen LogP contribution in [0.1, 0.15) is 17.0 Å². The van der Waals surface area contributed by atoms with Gasteiger partial charge in [0.2, 0.25) is 0 Å². The van der Waals surface area contributed by atoms with Crippen molar-refractivity contribution in [2.75, 3.05) is 6.61 Å². The molecule has 0 aliphatic rings. The van der Waals surface area contributed by atoms with E-state index in [4.69, 9.17) is 4.74 Å². The van der Waals surface area contributed by atoms with Crippen LogP contribution in [0, 0.1) is 19.7 Å². The van der Waals surface area contributed by atoms with Crippen LogP contribution in [0.25, 0.3) is 16.6 Å². The van der Waals surface area contributed by atoms with Gasteiger partial charge in [-0.2, -0.15) is 5.10 Å². The molecule has 4 rings (SSSR count). The number of hydrogen-bond acceptors (Lipinski definition) is 4. The van der Waals surface area contributed by atoms with Gasteiger partial charge in [0.1, 0.15) is 17.1 Å². The molecule has 1 N–H and O–H groups in total. The lowest BCUT2D eigenvalue weighted by molar-refractivity contribution is -0.123. The zero-order chi connectivity index (χ0) is 21.8.